The summed E-state index contributed by atoms with van der Waals surface area (Å²) >= 11 is 7.89. The highest BCUT2D eigenvalue weighted by atomic mass is 35.5. The van der Waals surface area contributed by atoms with Crippen molar-refractivity contribution in [2.75, 3.05) is 39.0 Å². The van der Waals surface area contributed by atoms with Crippen molar-refractivity contribution in [3.05, 3.63) is 58.9 Å². The molecule has 2 heterocycles. The Morgan fingerprint density at radius 3 is 2.92 bits per heavy atom. The van der Waals surface area contributed by atoms with E-state index in [2.05, 4.69) is 17.5 Å². The molecule has 0 bridgehead atoms. The summed E-state index contributed by atoms with van der Waals surface area (Å²) in [6.45, 7) is 5.58. The number of nitriles is 1. The Bertz CT molecular complexity index is 1400. The number of nitrogens with zero attached hydrogens (tertiary/aromatic N) is 3. The normalized spacial score (nSPS) is 16.1. The van der Waals surface area contributed by atoms with Gasteiger partial charge in [-0.25, -0.2) is 4.39 Å². The van der Waals surface area contributed by atoms with Crippen molar-refractivity contribution in [1.82, 2.24) is 9.80 Å². The van der Waals surface area contributed by atoms with Gasteiger partial charge in [-0.3, -0.25) is 14.5 Å². The van der Waals surface area contributed by atoms with E-state index >= 15 is 4.39 Å². The fraction of sp³-hybridized carbons (Fsp3) is 0.269. The van der Waals surface area contributed by atoms with Gasteiger partial charge in [0.1, 0.15) is 22.6 Å². The summed E-state index contributed by atoms with van der Waals surface area (Å²) in [5.41, 5.74) is 6.68. The second-order valence-electron chi connectivity index (χ2n) is 8.48. The van der Waals surface area contributed by atoms with E-state index in [-0.39, 0.29) is 46.0 Å². The van der Waals surface area contributed by atoms with E-state index in [0.29, 0.717) is 48.3 Å². The van der Waals surface area contributed by atoms with Gasteiger partial charge in [0.2, 0.25) is 5.91 Å². The largest absolute Gasteiger partial charge is 0.491 e. The van der Waals surface area contributed by atoms with Crippen molar-refractivity contribution in [1.29, 1.82) is 5.26 Å². The molecule has 1 fully saturated rings. The Hall–Kier alpha value is -3.45. The Kier molecular flexibility index (Phi) is 7.59. The predicted octanol–water partition coefficient (Wildman–Crippen LogP) is 4.72. The Labute approximate surface area is 217 Å². The minimum Gasteiger partial charge on any atom is -0.491 e. The summed E-state index contributed by atoms with van der Waals surface area (Å²) in [4.78, 5) is 27.6. The monoisotopic (exact) mass is 526 g/mol. The number of thiophene rings is 1. The molecule has 4 rings (SSSR count). The zero-order valence-corrected chi connectivity index (χ0v) is 21.2. The van der Waals surface area contributed by atoms with Crippen LogP contribution in [0.4, 0.5) is 9.39 Å². The van der Waals surface area contributed by atoms with Gasteiger partial charge in [-0.2, -0.15) is 5.26 Å². The first-order chi connectivity index (χ1) is 17.3. The average molecular weight is 527 g/mol. The molecule has 1 atom stereocenters. The zero-order chi connectivity index (χ0) is 26.0. The zero-order valence-electron chi connectivity index (χ0n) is 19.6. The first-order valence-corrected chi connectivity index (χ1v) is 12.4. The number of anilines is 1. The molecule has 1 aliphatic heterocycles. The molecule has 36 heavy (non-hydrogen) atoms. The van der Waals surface area contributed by atoms with Gasteiger partial charge in [-0.1, -0.05) is 30.3 Å². The summed E-state index contributed by atoms with van der Waals surface area (Å²) in [6, 6.07) is 8.39. The number of rotatable bonds is 7. The molecule has 1 unspecified atom stereocenters. The first-order valence-electron chi connectivity index (χ1n) is 11.2. The molecule has 0 radical (unpaired) electrons. The lowest BCUT2D eigenvalue weighted by atomic mass is 9.97. The molecule has 7 nitrogen and oxygen atoms in total. The molecule has 0 saturated carbocycles. The van der Waals surface area contributed by atoms with Crippen LogP contribution < -0.4 is 10.5 Å². The summed E-state index contributed by atoms with van der Waals surface area (Å²) < 4.78 is 22.0. The molecule has 1 amide bonds. The van der Waals surface area contributed by atoms with Crippen LogP contribution in [0.3, 0.4) is 0 Å². The van der Waals surface area contributed by atoms with E-state index < -0.39 is 5.82 Å². The van der Waals surface area contributed by atoms with Gasteiger partial charge in [0.15, 0.2) is 6.29 Å². The average Bonchev–Trinajstić information content (AvgIpc) is 3.21. The number of amides is 1. The number of piperazine rings is 1. The molecule has 1 saturated heterocycles. The molecular weight excluding hydrogens is 503 g/mol. The molecule has 0 aliphatic carbocycles. The van der Waals surface area contributed by atoms with E-state index in [0.717, 1.165) is 10.8 Å². The van der Waals surface area contributed by atoms with E-state index in [4.69, 9.17) is 22.1 Å². The number of fused-ring (bicyclic) bond motifs is 1. The minimum atomic E-state index is -0.707. The summed E-state index contributed by atoms with van der Waals surface area (Å²) in [5, 5.41) is 10.4. The van der Waals surface area contributed by atoms with E-state index in [1.54, 1.807) is 23.1 Å². The highest BCUT2D eigenvalue weighted by molar-refractivity contribution is 7.23. The lowest BCUT2D eigenvalue weighted by Gasteiger charge is -2.39. The lowest BCUT2D eigenvalue weighted by molar-refractivity contribution is -0.128. The predicted molar refractivity (Wildman–Crippen MR) is 140 cm³/mol. The SMILES string of the molecule is C=CC(=O)N1CCN(C)C(CCOc2c(C=O)cc(F)c(-c3cccc4sc(N)c(C#N)c34)c2Cl)C1. The number of nitrogen functional groups attached to an aromatic ring is 1. The topological polar surface area (TPSA) is 99.7 Å². The molecular formula is C26H24ClFN4O3S. The van der Waals surface area contributed by atoms with Crippen molar-refractivity contribution < 1.29 is 18.7 Å². The van der Waals surface area contributed by atoms with Crippen molar-refractivity contribution >= 4 is 50.2 Å². The van der Waals surface area contributed by atoms with Crippen LogP contribution in [0.5, 0.6) is 5.75 Å². The summed E-state index contributed by atoms with van der Waals surface area (Å²) in [5.74, 6) is -0.760. The number of likely N-dealkylation sites (N-methyl/N-ethyl adjacent to an activating group) is 1. The molecule has 10 heteroatoms. The standard InChI is InChI=1S/C26H24ClFN4O3S/c1-3-21(34)32-9-8-31(2)16(13-32)7-10-35-25-15(14-33)11-19(28)23(24(25)27)17-5-4-6-20-22(17)18(12-29)26(30)36-20/h3-6,11,14,16H,1,7-10,13,30H2,2H3. The maximum absolute atomic E-state index is 15.3. The van der Waals surface area contributed by atoms with Gasteiger partial charge in [-0.15, -0.1) is 11.3 Å². The van der Waals surface area contributed by atoms with Gasteiger partial charge in [0.05, 0.1) is 22.8 Å². The van der Waals surface area contributed by atoms with Gasteiger partial charge in [0, 0.05) is 41.3 Å². The highest BCUT2D eigenvalue weighted by Gasteiger charge is 2.27. The van der Waals surface area contributed by atoms with Crippen LogP contribution in [0.1, 0.15) is 22.3 Å². The second kappa shape index (κ2) is 10.7. The molecule has 186 valence electrons. The lowest BCUT2D eigenvalue weighted by Crippen LogP contribution is -2.53. The fourth-order valence-electron chi connectivity index (χ4n) is 4.47. The van der Waals surface area contributed by atoms with E-state index in [1.165, 1.54) is 17.4 Å². The van der Waals surface area contributed by atoms with Crippen LogP contribution in [-0.2, 0) is 4.79 Å². The fourth-order valence-corrected chi connectivity index (χ4v) is 5.77. The highest BCUT2D eigenvalue weighted by Crippen LogP contribution is 2.45. The third-order valence-corrected chi connectivity index (χ3v) is 7.76. The maximum Gasteiger partial charge on any atom is 0.246 e. The minimum absolute atomic E-state index is 0.0146. The molecule has 2 aromatic carbocycles. The maximum atomic E-state index is 15.3. The van der Waals surface area contributed by atoms with Crippen LogP contribution in [0.2, 0.25) is 5.02 Å². The van der Waals surface area contributed by atoms with Crippen molar-refractivity contribution in [2.45, 2.75) is 12.5 Å². The number of hydrogen-bond donors (Lipinski definition) is 1. The Balaban J connectivity index is 1.66. The molecule has 1 aliphatic rings. The molecule has 3 aromatic rings. The quantitative estimate of drug-likeness (QED) is 0.353. The first kappa shape index (κ1) is 25.6. The van der Waals surface area contributed by atoms with Crippen LogP contribution in [0.15, 0.2) is 36.9 Å². The molecule has 0 spiro atoms. The number of hydrogen-bond acceptors (Lipinski definition) is 7. The number of carbonyl (C=O) groups is 2. The van der Waals surface area contributed by atoms with E-state index in [9.17, 15) is 14.9 Å². The number of carbonyl (C=O) groups excluding carboxylic acids is 2. The number of aldehydes is 1. The summed E-state index contributed by atoms with van der Waals surface area (Å²) in [7, 11) is 1.97. The summed E-state index contributed by atoms with van der Waals surface area (Å²) in [6.07, 6.45) is 2.34. The van der Waals surface area contributed by atoms with E-state index in [1.807, 2.05) is 7.05 Å². The van der Waals surface area contributed by atoms with Crippen molar-refractivity contribution in [2.24, 2.45) is 0 Å². The number of benzene rings is 2. The number of ether oxygens (including phenoxy) is 1. The van der Waals surface area contributed by atoms with Crippen LogP contribution in [0.25, 0.3) is 21.2 Å². The van der Waals surface area contributed by atoms with Gasteiger partial charge < -0.3 is 15.4 Å². The van der Waals surface area contributed by atoms with Crippen LogP contribution in [-0.4, -0.2) is 61.3 Å². The van der Waals surface area contributed by atoms with Gasteiger partial charge >= 0.3 is 0 Å². The van der Waals surface area contributed by atoms with Gasteiger partial charge in [-0.05, 0) is 37.2 Å². The molecule has 1 aromatic heterocycles. The van der Waals surface area contributed by atoms with Crippen molar-refractivity contribution in [3.8, 4) is 22.9 Å². The number of halogens is 2. The third-order valence-electron chi connectivity index (χ3n) is 6.41. The Morgan fingerprint density at radius 2 is 2.22 bits per heavy atom. The van der Waals surface area contributed by atoms with Crippen molar-refractivity contribution in [3.63, 3.8) is 0 Å². The second-order valence-corrected chi connectivity index (χ2v) is 9.94. The smallest absolute Gasteiger partial charge is 0.246 e. The third kappa shape index (κ3) is 4.67. The van der Waals surface area contributed by atoms with Crippen LogP contribution >= 0.6 is 22.9 Å². The number of nitrogens with two attached hydrogens (primary N) is 1. The van der Waals surface area contributed by atoms with Crippen LogP contribution in [0, 0.1) is 17.1 Å². The van der Waals surface area contributed by atoms with Gasteiger partial charge in [0.25, 0.3) is 0 Å². The Morgan fingerprint density at radius 1 is 1.44 bits per heavy atom. The molecule has 2 N–H and O–H groups in total.